The molecule has 0 aliphatic heterocycles. The van der Waals surface area contributed by atoms with E-state index in [1.54, 1.807) is 13.2 Å². The van der Waals surface area contributed by atoms with E-state index in [0.717, 1.165) is 21.3 Å². The maximum absolute atomic E-state index is 9.40. The minimum absolute atomic E-state index is 0.435. The highest BCUT2D eigenvalue weighted by Crippen LogP contribution is 2.28. The second-order valence-corrected chi connectivity index (χ2v) is 5.77. The molecule has 2 aromatic carbocycles. The molecule has 1 N–H and O–H groups in total. The number of ether oxygens (including phenoxy) is 1. The molecule has 5 heteroatoms. The summed E-state index contributed by atoms with van der Waals surface area (Å²) >= 11 is 9.34. The number of anilines is 1. The zero-order valence-corrected chi connectivity index (χ0v) is 13.8. The lowest BCUT2D eigenvalue weighted by Gasteiger charge is -2.15. The second kappa shape index (κ2) is 7.46. The van der Waals surface area contributed by atoms with Gasteiger partial charge in [0.25, 0.3) is 0 Å². The lowest BCUT2D eigenvalue weighted by molar-refractivity contribution is 0.185. The molecule has 108 valence electrons. The maximum atomic E-state index is 9.40. The molecule has 0 spiro atoms. The van der Waals surface area contributed by atoms with E-state index in [0.29, 0.717) is 11.6 Å². The van der Waals surface area contributed by atoms with Gasteiger partial charge in [-0.15, -0.1) is 0 Å². The van der Waals surface area contributed by atoms with Gasteiger partial charge in [0.15, 0.2) is 0 Å². The molecule has 0 aliphatic rings. The lowest BCUT2D eigenvalue weighted by atomic mass is 10.0. The fourth-order valence-electron chi connectivity index (χ4n) is 1.97. The van der Waals surface area contributed by atoms with Crippen LogP contribution in [-0.4, -0.2) is 7.11 Å². The molecule has 3 nitrogen and oxygen atoms in total. The van der Waals surface area contributed by atoms with E-state index in [9.17, 15) is 5.26 Å². The average molecular weight is 366 g/mol. The normalized spacial score (nSPS) is 11.7. The number of methoxy groups -OCH3 is 1. The van der Waals surface area contributed by atoms with Gasteiger partial charge < -0.3 is 10.1 Å². The Morgan fingerprint density at radius 2 is 2.14 bits per heavy atom. The lowest BCUT2D eigenvalue weighted by Crippen LogP contribution is -2.09. The van der Waals surface area contributed by atoms with Crippen molar-refractivity contribution >= 4 is 33.2 Å². The van der Waals surface area contributed by atoms with Gasteiger partial charge in [0.05, 0.1) is 17.7 Å². The van der Waals surface area contributed by atoms with Crippen LogP contribution in [0.25, 0.3) is 0 Å². The Bertz CT molecular complexity index is 670. The van der Waals surface area contributed by atoms with Crippen LogP contribution in [0.3, 0.4) is 0 Å². The first-order valence-corrected chi connectivity index (χ1v) is 7.50. The molecular formula is C16H14BrClN2O. The summed E-state index contributed by atoms with van der Waals surface area (Å²) in [7, 11) is 1.65. The van der Waals surface area contributed by atoms with Crippen molar-refractivity contribution in [1.29, 1.82) is 5.26 Å². The number of halogens is 2. The van der Waals surface area contributed by atoms with E-state index in [1.807, 2.05) is 36.4 Å². The molecule has 0 fully saturated rings. The zero-order valence-electron chi connectivity index (χ0n) is 11.4. The topological polar surface area (TPSA) is 45.0 Å². The van der Waals surface area contributed by atoms with Crippen molar-refractivity contribution in [3.8, 4) is 6.07 Å². The Balaban J connectivity index is 2.21. The van der Waals surface area contributed by atoms with Crippen molar-refractivity contribution < 1.29 is 4.74 Å². The van der Waals surface area contributed by atoms with Crippen molar-refractivity contribution in [1.82, 2.24) is 0 Å². The standard InChI is InChI=1S/C16H14BrClN2O/c1-21-10-11-3-2-4-12(7-11)16(9-19)20-13-5-6-15(18)14(17)8-13/h2-8,16,20H,10H2,1H3. The monoisotopic (exact) mass is 364 g/mol. The minimum atomic E-state index is -0.435. The summed E-state index contributed by atoms with van der Waals surface area (Å²) in [6.07, 6.45) is 0. The average Bonchev–Trinajstić information content (AvgIpc) is 2.49. The van der Waals surface area contributed by atoms with Gasteiger partial charge in [0, 0.05) is 17.3 Å². The van der Waals surface area contributed by atoms with Crippen LogP contribution in [0.15, 0.2) is 46.9 Å². The number of hydrogen-bond acceptors (Lipinski definition) is 3. The van der Waals surface area contributed by atoms with Crippen molar-refractivity contribution in [2.24, 2.45) is 0 Å². The summed E-state index contributed by atoms with van der Waals surface area (Å²) in [5, 5.41) is 13.2. The molecule has 0 amide bonds. The quantitative estimate of drug-likeness (QED) is 0.817. The first-order valence-electron chi connectivity index (χ1n) is 6.33. The number of nitrogens with one attached hydrogen (secondary N) is 1. The van der Waals surface area contributed by atoms with Crippen molar-refractivity contribution in [2.75, 3.05) is 12.4 Å². The van der Waals surface area contributed by atoms with Gasteiger partial charge in [-0.3, -0.25) is 0 Å². The summed E-state index contributed by atoms with van der Waals surface area (Å²) in [5.74, 6) is 0. The zero-order chi connectivity index (χ0) is 15.2. The third-order valence-corrected chi connectivity index (χ3v) is 4.17. The summed E-state index contributed by atoms with van der Waals surface area (Å²) in [5.41, 5.74) is 2.77. The number of nitriles is 1. The highest BCUT2D eigenvalue weighted by atomic mass is 79.9. The molecule has 0 saturated heterocycles. The molecule has 0 radical (unpaired) electrons. The Hall–Kier alpha value is -1.54. The van der Waals surface area contributed by atoms with Crippen LogP contribution in [-0.2, 0) is 11.3 Å². The van der Waals surface area contributed by atoms with Crippen LogP contribution in [0.1, 0.15) is 17.2 Å². The molecule has 0 aromatic heterocycles. The van der Waals surface area contributed by atoms with E-state index in [2.05, 4.69) is 27.3 Å². The third-order valence-electron chi connectivity index (χ3n) is 2.96. The molecule has 0 bridgehead atoms. The number of nitrogens with zero attached hydrogens (tertiary/aromatic N) is 1. The SMILES string of the molecule is COCc1cccc(C(C#N)Nc2ccc(Cl)c(Br)c2)c1. The molecular weight excluding hydrogens is 352 g/mol. The fraction of sp³-hybridized carbons (Fsp3) is 0.188. The smallest absolute Gasteiger partial charge is 0.140 e. The molecule has 0 aliphatic carbocycles. The Morgan fingerprint density at radius 1 is 1.33 bits per heavy atom. The van der Waals surface area contributed by atoms with Crippen LogP contribution in [0.2, 0.25) is 5.02 Å². The Morgan fingerprint density at radius 3 is 2.81 bits per heavy atom. The van der Waals surface area contributed by atoms with Crippen molar-refractivity contribution in [3.63, 3.8) is 0 Å². The van der Waals surface area contributed by atoms with Gasteiger partial charge in [-0.25, -0.2) is 0 Å². The first-order chi connectivity index (χ1) is 10.1. The fourth-order valence-corrected chi connectivity index (χ4v) is 2.47. The van der Waals surface area contributed by atoms with Gasteiger partial charge in [-0.2, -0.15) is 5.26 Å². The van der Waals surface area contributed by atoms with E-state index in [-0.39, 0.29) is 0 Å². The number of hydrogen-bond donors (Lipinski definition) is 1. The third kappa shape index (κ3) is 4.21. The van der Waals surface area contributed by atoms with Crippen LogP contribution in [0.4, 0.5) is 5.69 Å². The van der Waals surface area contributed by atoms with Gasteiger partial charge >= 0.3 is 0 Å². The molecule has 0 heterocycles. The molecule has 0 saturated carbocycles. The summed E-state index contributed by atoms with van der Waals surface area (Å²) < 4.78 is 5.91. The predicted molar refractivity (Wildman–Crippen MR) is 88.3 cm³/mol. The van der Waals surface area contributed by atoms with E-state index >= 15 is 0 Å². The van der Waals surface area contributed by atoms with E-state index < -0.39 is 6.04 Å². The molecule has 1 unspecified atom stereocenters. The van der Waals surface area contributed by atoms with E-state index in [4.69, 9.17) is 16.3 Å². The number of rotatable bonds is 5. The highest BCUT2D eigenvalue weighted by Gasteiger charge is 2.11. The van der Waals surface area contributed by atoms with Gasteiger partial charge in [-0.1, -0.05) is 35.9 Å². The van der Waals surface area contributed by atoms with Crippen LogP contribution >= 0.6 is 27.5 Å². The van der Waals surface area contributed by atoms with Crippen LogP contribution in [0, 0.1) is 11.3 Å². The second-order valence-electron chi connectivity index (χ2n) is 4.51. The van der Waals surface area contributed by atoms with Crippen LogP contribution < -0.4 is 5.32 Å². The summed E-state index contributed by atoms with van der Waals surface area (Å²) in [4.78, 5) is 0. The Labute approximate surface area is 137 Å². The predicted octanol–water partition coefficient (Wildman–Crippen LogP) is 4.93. The first kappa shape index (κ1) is 15.8. The molecule has 1 atom stereocenters. The molecule has 2 aromatic rings. The summed E-state index contributed by atoms with van der Waals surface area (Å²) in [6, 6.07) is 15.1. The minimum Gasteiger partial charge on any atom is -0.380 e. The van der Waals surface area contributed by atoms with Crippen molar-refractivity contribution in [3.05, 3.63) is 63.1 Å². The van der Waals surface area contributed by atoms with Gasteiger partial charge in [-0.05, 0) is 45.3 Å². The van der Waals surface area contributed by atoms with E-state index in [1.165, 1.54) is 0 Å². The van der Waals surface area contributed by atoms with Crippen molar-refractivity contribution in [2.45, 2.75) is 12.6 Å². The number of benzene rings is 2. The summed E-state index contributed by atoms with van der Waals surface area (Å²) in [6.45, 7) is 0.526. The molecule has 2 rings (SSSR count). The van der Waals surface area contributed by atoms with Crippen LogP contribution in [0.5, 0.6) is 0 Å². The molecule has 21 heavy (non-hydrogen) atoms. The van der Waals surface area contributed by atoms with Gasteiger partial charge in [0.1, 0.15) is 6.04 Å². The Kier molecular flexibility index (Phi) is 5.63. The van der Waals surface area contributed by atoms with Gasteiger partial charge in [0.2, 0.25) is 0 Å². The highest BCUT2D eigenvalue weighted by molar-refractivity contribution is 9.10. The maximum Gasteiger partial charge on any atom is 0.140 e. The largest absolute Gasteiger partial charge is 0.380 e.